The van der Waals surface area contributed by atoms with E-state index in [2.05, 4.69) is 27.2 Å². The molecule has 9 nitrogen and oxygen atoms in total. The van der Waals surface area contributed by atoms with Crippen molar-refractivity contribution in [3.05, 3.63) is 35.5 Å². The third kappa shape index (κ3) is 11.7. The Kier molecular flexibility index (Phi) is 15.6. The van der Waals surface area contributed by atoms with Gasteiger partial charge in [0.05, 0.1) is 37.1 Å². The van der Waals surface area contributed by atoms with E-state index in [4.69, 9.17) is 18.9 Å². The molecule has 180 valence electrons. The average molecular weight is 519 g/mol. The van der Waals surface area contributed by atoms with E-state index >= 15 is 0 Å². The first kappa shape index (κ1) is 29.4. The molecule has 10 heteroatoms. The van der Waals surface area contributed by atoms with Crippen LogP contribution in [0.2, 0.25) is 0 Å². The van der Waals surface area contributed by atoms with Gasteiger partial charge in [-0.1, -0.05) is 22.5 Å². The number of carbonyl (C=O) groups excluding carboxylic acids is 4. The molecule has 0 spiro atoms. The lowest BCUT2D eigenvalue weighted by Gasteiger charge is -2.14. The lowest BCUT2D eigenvalue weighted by molar-refractivity contribution is -0.156. The maximum atomic E-state index is 12.8. The molecule has 0 aliphatic carbocycles. The van der Waals surface area contributed by atoms with Gasteiger partial charge in [-0.25, -0.2) is 4.79 Å². The molecule has 0 fully saturated rings. The van der Waals surface area contributed by atoms with Crippen molar-refractivity contribution < 1.29 is 42.9 Å². The Morgan fingerprint density at radius 3 is 1.97 bits per heavy atom. The minimum atomic E-state index is -1.02. The Bertz CT molecular complexity index is 738. The van der Waals surface area contributed by atoms with Gasteiger partial charge in [-0.05, 0) is 33.8 Å². The van der Waals surface area contributed by atoms with Crippen LogP contribution in [0.5, 0.6) is 0 Å². The summed E-state index contributed by atoms with van der Waals surface area (Å²) in [7, 11) is 0. The lowest BCUT2D eigenvalue weighted by atomic mass is 10.0. The highest BCUT2D eigenvalue weighted by Crippen LogP contribution is 2.20. The van der Waals surface area contributed by atoms with E-state index in [0.717, 1.165) is 0 Å². The molecule has 0 rings (SSSR count). The van der Waals surface area contributed by atoms with Crippen LogP contribution in [0.1, 0.15) is 40.5 Å². The van der Waals surface area contributed by atoms with Crippen LogP contribution < -0.4 is 0 Å². The summed E-state index contributed by atoms with van der Waals surface area (Å²) in [5, 5.41) is -0.152. The molecule has 0 radical (unpaired) electrons. The van der Waals surface area contributed by atoms with Gasteiger partial charge in [0.15, 0.2) is 11.5 Å². The number of esters is 2. The number of alkyl halides is 1. The van der Waals surface area contributed by atoms with Crippen LogP contribution in [0.3, 0.4) is 0 Å². The van der Waals surface area contributed by atoms with Crippen LogP contribution >= 0.6 is 15.9 Å². The summed E-state index contributed by atoms with van der Waals surface area (Å²) < 4.78 is 26.0. The van der Waals surface area contributed by atoms with Gasteiger partial charge in [0.1, 0.15) is 24.7 Å². The molecule has 0 aromatic heterocycles. The molecule has 0 amide bonds. The van der Waals surface area contributed by atoms with Gasteiger partial charge in [0.2, 0.25) is 5.78 Å². The highest BCUT2D eigenvalue weighted by Gasteiger charge is 2.19. The SMILES string of the molecule is C=C(OCC)/C(=C\C(OCC)=C(/C)OCC)C(=O)CCC(=O)OCCOC(=O)C(=O)CBr. The average Bonchev–Trinajstić information content (AvgIpc) is 2.77. The molecule has 0 unspecified atom stereocenters. The number of hydrogen-bond acceptors (Lipinski definition) is 9. The fourth-order valence-corrected chi connectivity index (χ4v) is 2.46. The Labute approximate surface area is 196 Å². The molecular formula is C22H31BrO9. The van der Waals surface area contributed by atoms with Gasteiger partial charge >= 0.3 is 11.9 Å². The quantitative estimate of drug-likeness (QED) is 0.0544. The van der Waals surface area contributed by atoms with Gasteiger partial charge in [-0.3, -0.25) is 14.4 Å². The van der Waals surface area contributed by atoms with E-state index in [0.29, 0.717) is 31.3 Å². The van der Waals surface area contributed by atoms with E-state index in [1.54, 1.807) is 20.8 Å². The summed E-state index contributed by atoms with van der Waals surface area (Å²) in [6.07, 6.45) is 1.12. The maximum absolute atomic E-state index is 12.8. The summed E-state index contributed by atoms with van der Waals surface area (Å²) >= 11 is 2.85. The molecule has 0 N–H and O–H groups in total. The second-order valence-corrected chi connectivity index (χ2v) is 6.60. The van der Waals surface area contributed by atoms with Crippen molar-refractivity contribution in [2.24, 2.45) is 0 Å². The number of Topliss-reactive ketones (excluding diaryl/α,β-unsaturated/α-hetero) is 2. The van der Waals surface area contributed by atoms with Gasteiger partial charge in [-0.15, -0.1) is 0 Å². The van der Waals surface area contributed by atoms with Crippen LogP contribution in [0.25, 0.3) is 0 Å². The molecule has 0 aromatic carbocycles. The standard InChI is InChI=1S/C22H31BrO9/c1-6-28-15(4)17(13-20(30-8-3)16(5)29-7-2)18(24)9-10-21(26)31-11-12-32-22(27)19(25)14-23/h13H,4,6-12,14H2,1-3,5H3/b17-13+,20-16-. The third-order valence-corrected chi connectivity index (χ3v) is 4.20. The zero-order valence-electron chi connectivity index (χ0n) is 19.0. The van der Waals surface area contributed by atoms with Crippen molar-refractivity contribution in [1.82, 2.24) is 0 Å². The molecule has 32 heavy (non-hydrogen) atoms. The van der Waals surface area contributed by atoms with E-state index in [9.17, 15) is 19.2 Å². The highest BCUT2D eigenvalue weighted by atomic mass is 79.9. The van der Waals surface area contributed by atoms with Crippen molar-refractivity contribution in [3.8, 4) is 0 Å². The van der Waals surface area contributed by atoms with Gasteiger partial charge in [-0.2, -0.15) is 0 Å². The number of allylic oxidation sites excluding steroid dienone is 3. The maximum Gasteiger partial charge on any atom is 0.375 e. The molecule has 0 aliphatic rings. The lowest BCUT2D eigenvalue weighted by Crippen LogP contribution is -2.21. The zero-order valence-corrected chi connectivity index (χ0v) is 20.6. The fraction of sp³-hybridized carbons (Fsp3) is 0.545. The summed E-state index contributed by atoms with van der Waals surface area (Å²) in [6.45, 7) is 11.5. The number of rotatable bonds is 17. The number of halogens is 1. The summed E-state index contributed by atoms with van der Waals surface area (Å²) in [4.78, 5) is 46.9. The van der Waals surface area contributed by atoms with Crippen LogP contribution in [0.15, 0.2) is 35.5 Å². The normalized spacial score (nSPS) is 11.7. The van der Waals surface area contributed by atoms with Crippen LogP contribution in [-0.2, 0) is 42.9 Å². The second kappa shape index (κ2) is 17.0. The van der Waals surface area contributed by atoms with Crippen molar-refractivity contribution >= 4 is 39.4 Å². The van der Waals surface area contributed by atoms with Crippen molar-refractivity contribution in [1.29, 1.82) is 0 Å². The van der Waals surface area contributed by atoms with E-state index in [1.807, 2.05) is 6.92 Å². The van der Waals surface area contributed by atoms with Crippen LogP contribution in [0, 0.1) is 0 Å². The smallest absolute Gasteiger partial charge is 0.375 e. The zero-order chi connectivity index (χ0) is 24.5. The predicted octanol–water partition coefficient (Wildman–Crippen LogP) is 3.17. The monoisotopic (exact) mass is 518 g/mol. The Morgan fingerprint density at radius 1 is 0.812 bits per heavy atom. The number of hydrogen-bond donors (Lipinski definition) is 0. The van der Waals surface area contributed by atoms with E-state index in [-0.39, 0.29) is 42.7 Å². The minimum absolute atomic E-state index is 0.149. The number of ether oxygens (including phenoxy) is 5. The Morgan fingerprint density at radius 2 is 1.41 bits per heavy atom. The minimum Gasteiger partial charge on any atom is -0.495 e. The van der Waals surface area contributed by atoms with Crippen molar-refractivity contribution in [2.75, 3.05) is 38.4 Å². The molecule has 0 saturated carbocycles. The topological polar surface area (TPSA) is 114 Å². The van der Waals surface area contributed by atoms with Crippen LogP contribution in [-0.4, -0.2) is 61.9 Å². The van der Waals surface area contributed by atoms with Gasteiger partial charge in [0, 0.05) is 6.42 Å². The molecule has 0 heterocycles. The Balaban J connectivity index is 5.04. The molecular weight excluding hydrogens is 488 g/mol. The fourth-order valence-electron chi connectivity index (χ4n) is 2.23. The molecule has 0 aromatic rings. The largest absolute Gasteiger partial charge is 0.495 e. The molecule has 0 saturated heterocycles. The summed E-state index contributed by atoms with van der Waals surface area (Å²) in [5.41, 5.74) is 0.157. The molecule has 0 aliphatic heterocycles. The molecule has 0 bridgehead atoms. The molecule has 0 atom stereocenters. The third-order valence-electron chi connectivity index (χ3n) is 3.69. The second-order valence-electron chi connectivity index (χ2n) is 6.04. The summed E-state index contributed by atoms with van der Waals surface area (Å²) in [6, 6.07) is 0. The number of ketones is 2. The van der Waals surface area contributed by atoms with E-state index < -0.39 is 23.5 Å². The van der Waals surface area contributed by atoms with Crippen molar-refractivity contribution in [2.45, 2.75) is 40.5 Å². The summed E-state index contributed by atoms with van der Waals surface area (Å²) in [5.74, 6) is -1.80. The first-order chi connectivity index (χ1) is 15.2. The predicted molar refractivity (Wildman–Crippen MR) is 120 cm³/mol. The van der Waals surface area contributed by atoms with Crippen LogP contribution in [0.4, 0.5) is 0 Å². The van der Waals surface area contributed by atoms with Gasteiger partial charge in [0.25, 0.3) is 0 Å². The first-order valence-electron chi connectivity index (χ1n) is 10.2. The van der Waals surface area contributed by atoms with E-state index in [1.165, 1.54) is 6.08 Å². The number of carbonyl (C=O) groups is 4. The first-order valence-corrected chi connectivity index (χ1v) is 11.3. The van der Waals surface area contributed by atoms with Gasteiger partial charge < -0.3 is 23.7 Å². The van der Waals surface area contributed by atoms with Crippen molar-refractivity contribution in [3.63, 3.8) is 0 Å². The highest BCUT2D eigenvalue weighted by molar-refractivity contribution is 9.09. The Hall–Kier alpha value is -2.62.